The van der Waals surface area contributed by atoms with Gasteiger partial charge < -0.3 is 10.4 Å². The first kappa shape index (κ1) is 12.4. The van der Waals surface area contributed by atoms with Gasteiger partial charge in [0.1, 0.15) is 0 Å². The highest BCUT2D eigenvalue weighted by atomic mass is 16.3. The summed E-state index contributed by atoms with van der Waals surface area (Å²) in [5, 5.41) is 14.6. The van der Waals surface area contributed by atoms with E-state index in [0.717, 1.165) is 12.8 Å². The molecule has 0 aromatic rings. The van der Waals surface area contributed by atoms with Crippen molar-refractivity contribution in [1.29, 1.82) is 0 Å². The summed E-state index contributed by atoms with van der Waals surface area (Å²) in [7, 11) is 0. The highest BCUT2D eigenvalue weighted by Crippen LogP contribution is 2.41. The fraction of sp³-hybridized carbons (Fsp3) is 1.00. The molecule has 2 fully saturated rings. The average Bonchev–Trinajstić information content (AvgIpc) is 2.26. The van der Waals surface area contributed by atoms with Gasteiger partial charge in [-0.05, 0) is 32.6 Å². The van der Waals surface area contributed by atoms with Gasteiger partial charge in [-0.25, -0.2) is 0 Å². The number of unbranched alkanes of at least 4 members (excludes halogenated alkanes) is 1. The van der Waals surface area contributed by atoms with Gasteiger partial charge in [0.2, 0.25) is 0 Å². The number of piperidine rings is 1. The van der Waals surface area contributed by atoms with Crippen molar-refractivity contribution in [2.24, 2.45) is 5.92 Å². The molecular weight excluding hydrogens is 198 g/mol. The van der Waals surface area contributed by atoms with Crippen LogP contribution in [0.5, 0.6) is 0 Å². The lowest BCUT2D eigenvalue weighted by Crippen LogP contribution is -2.60. The summed E-state index contributed by atoms with van der Waals surface area (Å²) in [4.78, 5) is 0. The Morgan fingerprint density at radius 1 is 1.31 bits per heavy atom. The number of fused-ring (bicyclic) bond motifs is 1. The largest absolute Gasteiger partial charge is 0.389 e. The van der Waals surface area contributed by atoms with Crippen LogP contribution in [0.15, 0.2) is 0 Å². The smallest absolute Gasteiger partial charge is 0.0705 e. The molecule has 4 atom stereocenters. The minimum Gasteiger partial charge on any atom is -0.389 e. The molecule has 1 heterocycles. The van der Waals surface area contributed by atoms with Crippen molar-refractivity contribution in [2.75, 3.05) is 0 Å². The summed E-state index contributed by atoms with van der Waals surface area (Å²) in [6, 6.07) is 1.07. The Hall–Kier alpha value is -0.0800. The Bertz CT molecular complexity index is 231. The van der Waals surface area contributed by atoms with E-state index in [4.69, 9.17) is 0 Å². The molecule has 2 aliphatic rings. The molecule has 0 aromatic heterocycles. The fourth-order valence-corrected chi connectivity index (χ4v) is 3.85. The van der Waals surface area contributed by atoms with Crippen LogP contribution in [0.3, 0.4) is 0 Å². The average molecular weight is 225 g/mol. The molecule has 1 saturated heterocycles. The number of rotatable bonds is 3. The van der Waals surface area contributed by atoms with Crippen LogP contribution in [0.2, 0.25) is 0 Å². The fourth-order valence-electron chi connectivity index (χ4n) is 3.85. The highest BCUT2D eigenvalue weighted by Gasteiger charge is 2.46. The molecule has 2 rings (SSSR count). The van der Waals surface area contributed by atoms with Crippen LogP contribution in [-0.2, 0) is 0 Å². The normalized spacial score (nSPS) is 44.1. The summed E-state index contributed by atoms with van der Waals surface area (Å²) in [5.41, 5.74) is -0.369. The minimum absolute atomic E-state index is 0.369. The minimum atomic E-state index is -0.369. The molecular formula is C14H27NO. The molecule has 1 aliphatic heterocycles. The maximum Gasteiger partial charge on any atom is 0.0705 e. The van der Waals surface area contributed by atoms with Crippen LogP contribution in [-0.4, -0.2) is 22.8 Å². The van der Waals surface area contributed by atoms with Crippen LogP contribution >= 0.6 is 0 Å². The van der Waals surface area contributed by atoms with E-state index in [1.165, 1.54) is 38.5 Å². The van der Waals surface area contributed by atoms with Gasteiger partial charge in [-0.15, -0.1) is 0 Å². The van der Waals surface area contributed by atoms with Crippen LogP contribution < -0.4 is 5.32 Å². The molecule has 0 bridgehead atoms. The van der Waals surface area contributed by atoms with E-state index in [1.54, 1.807) is 0 Å². The molecule has 4 unspecified atom stereocenters. The van der Waals surface area contributed by atoms with Crippen molar-refractivity contribution in [3.8, 4) is 0 Å². The molecule has 94 valence electrons. The van der Waals surface area contributed by atoms with E-state index in [-0.39, 0.29) is 5.60 Å². The van der Waals surface area contributed by atoms with E-state index < -0.39 is 0 Å². The Kier molecular flexibility index (Phi) is 3.91. The van der Waals surface area contributed by atoms with E-state index in [2.05, 4.69) is 19.2 Å². The Labute approximate surface area is 99.8 Å². The number of hydrogen-bond acceptors (Lipinski definition) is 2. The molecule has 0 spiro atoms. The second kappa shape index (κ2) is 5.05. The van der Waals surface area contributed by atoms with Crippen LogP contribution in [0, 0.1) is 5.92 Å². The van der Waals surface area contributed by atoms with Crippen molar-refractivity contribution in [3.05, 3.63) is 0 Å². The van der Waals surface area contributed by atoms with Crippen LogP contribution in [0.25, 0.3) is 0 Å². The molecule has 1 aliphatic carbocycles. The monoisotopic (exact) mass is 225 g/mol. The van der Waals surface area contributed by atoms with Gasteiger partial charge in [0, 0.05) is 18.0 Å². The van der Waals surface area contributed by atoms with E-state index in [1.807, 2.05) is 0 Å². The van der Waals surface area contributed by atoms with E-state index in [0.29, 0.717) is 18.0 Å². The summed E-state index contributed by atoms with van der Waals surface area (Å²) in [6.07, 6.45) is 9.48. The standard InChI is InChI=1S/C14H27NO/c1-3-4-9-14(16)10-11(2)15-13-8-6-5-7-12(13)14/h11-13,15-16H,3-10H2,1-2H3. The van der Waals surface area contributed by atoms with Crippen molar-refractivity contribution in [1.82, 2.24) is 5.32 Å². The first-order chi connectivity index (χ1) is 7.65. The predicted molar refractivity (Wildman–Crippen MR) is 67.4 cm³/mol. The van der Waals surface area contributed by atoms with Gasteiger partial charge in [-0.3, -0.25) is 0 Å². The second-order valence-electron chi connectivity index (χ2n) is 5.98. The first-order valence-corrected chi connectivity index (χ1v) is 7.14. The number of hydrogen-bond donors (Lipinski definition) is 2. The predicted octanol–water partition coefficient (Wildman–Crippen LogP) is 2.85. The third-order valence-corrected chi connectivity index (χ3v) is 4.58. The zero-order valence-corrected chi connectivity index (χ0v) is 10.8. The molecule has 0 radical (unpaired) electrons. The van der Waals surface area contributed by atoms with Gasteiger partial charge in [0.15, 0.2) is 0 Å². The topological polar surface area (TPSA) is 32.3 Å². The Balaban J connectivity index is 2.07. The van der Waals surface area contributed by atoms with Gasteiger partial charge in [-0.2, -0.15) is 0 Å². The number of aliphatic hydroxyl groups is 1. The van der Waals surface area contributed by atoms with Crippen molar-refractivity contribution in [2.45, 2.75) is 82.9 Å². The lowest BCUT2D eigenvalue weighted by atomic mass is 9.66. The maximum absolute atomic E-state index is 10.9. The SMILES string of the molecule is CCCCC1(O)CC(C)NC2CCCCC21. The molecule has 2 heteroatoms. The third-order valence-electron chi connectivity index (χ3n) is 4.58. The summed E-state index contributed by atoms with van der Waals surface area (Å²) in [5.74, 6) is 0.518. The molecule has 0 amide bonds. The maximum atomic E-state index is 10.9. The third kappa shape index (κ3) is 2.43. The Morgan fingerprint density at radius 3 is 2.81 bits per heavy atom. The molecule has 1 saturated carbocycles. The quantitative estimate of drug-likeness (QED) is 0.774. The molecule has 2 N–H and O–H groups in total. The summed E-state index contributed by atoms with van der Waals surface area (Å²) < 4.78 is 0. The van der Waals surface area contributed by atoms with E-state index in [9.17, 15) is 5.11 Å². The molecule has 0 aromatic carbocycles. The lowest BCUT2D eigenvalue weighted by molar-refractivity contribution is -0.0899. The molecule has 16 heavy (non-hydrogen) atoms. The summed E-state index contributed by atoms with van der Waals surface area (Å²) >= 11 is 0. The molecule has 2 nitrogen and oxygen atoms in total. The zero-order chi connectivity index (χ0) is 11.6. The van der Waals surface area contributed by atoms with Crippen molar-refractivity contribution in [3.63, 3.8) is 0 Å². The second-order valence-corrected chi connectivity index (χ2v) is 5.98. The van der Waals surface area contributed by atoms with Crippen molar-refractivity contribution >= 4 is 0 Å². The lowest BCUT2D eigenvalue weighted by Gasteiger charge is -2.50. The van der Waals surface area contributed by atoms with Crippen LogP contribution in [0.4, 0.5) is 0 Å². The van der Waals surface area contributed by atoms with Crippen molar-refractivity contribution < 1.29 is 5.11 Å². The van der Waals surface area contributed by atoms with Gasteiger partial charge >= 0.3 is 0 Å². The zero-order valence-electron chi connectivity index (χ0n) is 10.8. The van der Waals surface area contributed by atoms with Gasteiger partial charge in [0.05, 0.1) is 5.60 Å². The number of nitrogens with one attached hydrogen (secondary N) is 1. The summed E-state index contributed by atoms with van der Waals surface area (Å²) in [6.45, 7) is 4.44. The van der Waals surface area contributed by atoms with E-state index >= 15 is 0 Å². The van der Waals surface area contributed by atoms with Gasteiger partial charge in [-0.1, -0.05) is 32.6 Å². The van der Waals surface area contributed by atoms with Crippen LogP contribution in [0.1, 0.15) is 65.2 Å². The van der Waals surface area contributed by atoms with Gasteiger partial charge in [0.25, 0.3) is 0 Å². The first-order valence-electron chi connectivity index (χ1n) is 7.14. The highest BCUT2D eigenvalue weighted by molar-refractivity contribution is 5.01. The Morgan fingerprint density at radius 2 is 2.06 bits per heavy atom.